The van der Waals surface area contributed by atoms with Crippen molar-refractivity contribution in [3.05, 3.63) is 11.7 Å². The summed E-state index contributed by atoms with van der Waals surface area (Å²) in [5.41, 5.74) is 0. The average molecular weight is 252 g/mol. The number of halogens is 3. The van der Waals surface area contributed by atoms with E-state index in [1.54, 1.807) is 0 Å². The molecule has 0 radical (unpaired) electrons. The van der Waals surface area contributed by atoms with Crippen molar-refractivity contribution >= 4 is 5.97 Å². The normalized spacial score (nSPS) is 11.5. The summed E-state index contributed by atoms with van der Waals surface area (Å²) in [7, 11) is 1.27. The standard InChI is InChI=1S/C9H11F3N2O3/c1-16-7(15)5-3-2-4-6-13-8(17-14-6)9(10,11)12/h2-5H2,1H3. The minimum Gasteiger partial charge on any atom is -0.469 e. The predicted octanol–water partition coefficient (Wildman–Crippen LogP) is 1.97. The molecular formula is C9H11F3N2O3. The number of nitrogens with zero attached hydrogens (tertiary/aromatic N) is 2. The summed E-state index contributed by atoms with van der Waals surface area (Å²) in [6, 6.07) is 0. The second-order valence-corrected chi connectivity index (χ2v) is 3.30. The number of carbonyl (C=O) groups excluding carboxylic acids is 1. The summed E-state index contributed by atoms with van der Waals surface area (Å²) in [4.78, 5) is 13.9. The molecule has 0 aliphatic carbocycles. The molecule has 96 valence electrons. The van der Waals surface area contributed by atoms with Crippen molar-refractivity contribution in [2.45, 2.75) is 31.9 Å². The van der Waals surface area contributed by atoms with E-state index in [1.165, 1.54) is 7.11 Å². The van der Waals surface area contributed by atoms with Gasteiger partial charge < -0.3 is 9.26 Å². The highest BCUT2D eigenvalue weighted by Crippen LogP contribution is 2.27. The van der Waals surface area contributed by atoms with E-state index in [0.29, 0.717) is 12.8 Å². The molecule has 1 aromatic heterocycles. The highest BCUT2D eigenvalue weighted by atomic mass is 19.4. The van der Waals surface area contributed by atoms with Crippen LogP contribution in [-0.4, -0.2) is 23.2 Å². The monoisotopic (exact) mass is 252 g/mol. The maximum Gasteiger partial charge on any atom is 0.471 e. The van der Waals surface area contributed by atoms with Crippen LogP contribution in [0.1, 0.15) is 31.0 Å². The van der Waals surface area contributed by atoms with Gasteiger partial charge in [0.05, 0.1) is 7.11 Å². The Morgan fingerprint density at radius 3 is 2.65 bits per heavy atom. The molecule has 0 saturated heterocycles. The van der Waals surface area contributed by atoms with E-state index in [0.717, 1.165) is 0 Å². The largest absolute Gasteiger partial charge is 0.471 e. The van der Waals surface area contributed by atoms with Crippen LogP contribution in [0.2, 0.25) is 0 Å². The lowest BCUT2D eigenvalue weighted by molar-refractivity contribution is -0.159. The number of esters is 1. The summed E-state index contributed by atoms with van der Waals surface area (Å²) in [5.74, 6) is -1.71. The minimum absolute atomic E-state index is 0.0119. The average Bonchev–Trinajstić information content (AvgIpc) is 2.72. The van der Waals surface area contributed by atoms with Crippen molar-refractivity contribution in [3.8, 4) is 0 Å². The topological polar surface area (TPSA) is 65.2 Å². The molecule has 0 atom stereocenters. The van der Waals surface area contributed by atoms with Crippen LogP contribution in [0.4, 0.5) is 13.2 Å². The zero-order valence-electron chi connectivity index (χ0n) is 9.08. The van der Waals surface area contributed by atoms with Gasteiger partial charge in [-0.05, 0) is 12.8 Å². The Balaban J connectivity index is 2.33. The van der Waals surface area contributed by atoms with Crippen LogP contribution in [0.15, 0.2) is 4.52 Å². The second kappa shape index (κ2) is 5.65. The van der Waals surface area contributed by atoms with Gasteiger partial charge >= 0.3 is 18.0 Å². The van der Waals surface area contributed by atoms with Crippen LogP contribution in [-0.2, 0) is 22.1 Å². The molecule has 0 fully saturated rings. The molecule has 0 bridgehead atoms. The van der Waals surface area contributed by atoms with E-state index in [9.17, 15) is 18.0 Å². The summed E-state index contributed by atoms with van der Waals surface area (Å²) in [6.07, 6.45) is -3.16. The predicted molar refractivity (Wildman–Crippen MR) is 48.9 cm³/mol. The molecule has 0 unspecified atom stereocenters. The van der Waals surface area contributed by atoms with Crippen LogP contribution in [0.25, 0.3) is 0 Å². The number of rotatable bonds is 5. The number of ether oxygens (including phenoxy) is 1. The van der Waals surface area contributed by atoms with E-state index >= 15 is 0 Å². The third-order valence-corrected chi connectivity index (χ3v) is 1.97. The fraction of sp³-hybridized carbons (Fsp3) is 0.667. The Labute approximate surface area is 94.9 Å². The lowest BCUT2D eigenvalue weighted by Crippen LogP contribution is -2.05. The molecule has 5 nitrogen and oxygen atoms in total. The van der Waals surface area contributed by atoms with Crippen LogP contribution < -0.4 is 0 Å². The number of hydrogen-bond acceptors (Lipinski definition) is 5. The molecule has 0 aliphatic rings. The van der Waals surface area contributed by atoms with Gasteiger partial charge in [-0.2, -0.15) is 18.2 Å². The second-order valence-electron chi connectivity index (χ2n) is 3.30. The van der Waals surface area contributed by atoms with Gasteiger partial charge in [0.25, 0.3) is 0 Å². The fourth-order valence-corrected chi connectivity index (χ4v) is 1.13. The molecule has 8 heteroatoms. The SMILES string of the molecule is COC(=O)CCCCc1noc(C(F)(F)F)n1. The molecule has 1 heterocycles. The van der Waals surface area contributed by atoms with Gasteiger partial charge in [-0.1, -0.05) is 5.16 Å². The van der Waals surface area contributed by atoms with E-state index in [4.69, 9.17) is 0 Å². The number of aryl methyl sites for hydroxylation is 1. The van der Waals surface area contributed by atoms with Crippen molar-refractivity contribution in [2.75, 3.05) is 7.11 Å². The van der Waals surface area contributed by atoms with Gasteiger partial charge in [-0.3, -0.25) is 4.79 Å². The minimum atomic E-state index is -4.61. The molecular weight excluding hydrogens is 241 g/mol. The summed E-state index contributed by atoms with van der Waals surface area (Å²) >= 11 is 0. The Kier molecular flexibility index (Phi) is 4.47. The maximum atomic E-state index is 12.1. The maximum absolute atomic E-state index is 12.1. The highest BCUT2D eigenvalue weighted by molar-refractivity contribution is 5.68. The smallest absolute Gasteiger partial charge is 0.469 e. The van der Waals surface area contributed by atoms with E-state index in [2.05, 4.69) is 19.4 Å². The lowest BCUT2D eigenvalue weighted by Gasteiger charge is -1.97. The van der Waals surface area contributed by atoms with Gasteiger partial charge in [0, 0.05) is 12.8 Å². The van der Waals surface area contributed by atoms with Gasteiger partial charge in [0.15, 0.2) is 5.82 Å². The number of unbranched alkanes of at least 4 members (excludes halogenated alkanes) is 1. The van der Waals surface area contributed by atoms with Gasteiger partial charge in [0.1, 0.15) is 0 Å². The number of hydrogen-bond donors (Lipinski definition) is 0. The van der Waals surface area contributed by atoms with Crippen LogP contribution in [0, 0.1) is 0 Å². The number of methoxy groups -OCH3 is 1. The highest BCUT2D eigenvalue weighted by Gasteiger charge is 2.38. The first-order valence-corrected chi connectivity index (χ1v) is 4.90. The Morgan fingerprint density at radius 1 is 1.41 bits per heavy atom. The molecule has 0 N–H and O–H groups in total. The third kappa shape index (κ3) is 4.41. The number of carbonyl (C=O) groups is 1. The Morgan fingerprint density at radius 2 is 2.12 bits per heavy atom. The van der Waals surface area contributed by atoms with Gasteiger partial charge in [-0.25, -0.2) is 0 Å². The molecule has 0 aromatic carbocycles. The van der Waals surface area contributed by atoms with Crippen LogP contribution in [0.5, 0.6) is 0 Å². The molecule has 17 heavy (non-hydrogen) atoms. The van der Waals surface area contributed by atoms with Crippen molar-refractivity contribution in [3.63, 3.8) is 0 Å². The van der Waals surface area contributed by atoms with Crippen molar-refractivity contribution in [1.82, 2.24) is 10.1 Å². The number of aromatic nitrogens is 2. The number of alkyl halides is 3. The lowest BCUT2D eigenvalue weighted by atomic mass is 10.2. The molecule has 0 saturated carbocycles. The van der Waals surface area contributed by atoms with Gasteiger partial charge in [0.2, 0.25) is 0 Å². The molecule has 1 rings (SSSR count). The summed E-state index contributed by atoms with van der Waals surface area (Å²) in [5, 5.41) is 3.20. The van der Waals surface area contributed by atoms with Crippen molar-refractivity contribution < 1.29 is 27.2 Å². The van der Waals surface area contributed by atoms with Crippen molar-refractivity contribution in [2.24, 2.45) is 0 Å². The zero-order chi connectivity index (χ0) is 12.9. The van der Waals surface area contributed by atoms with E-state index in [1.807, 2.05) is 0 Å². The Hall–Kier alpha value is -1.60. The van der Waals surface area contributed by atoms with E-state index < -0.39 is 12.1 Å². The van der Waals surface area contributed by atoms with Crippen LogP contribution in [0.3, 0.4) is 0 Å². The van der Waals surface area contributed by atoms with Crippen molar-refractivity contribution in [1.29, 1.82) is 0 Å². The molecule has 1 aromatic rings. The van der Waals surface area contributed by atoms with E-state index in [-0.39, 0.29) is 24.6 Å². The first-order valence-electron chi connectivity index (χ1n) is 4.90. The molecule has 0 amide bonds. The molecule has 0 aliphatic heterocycles. The summed E-state index contributed by atoms with van der Waals surface area (Å²) < 4.78 is 44.7. The fourth-order valence-electron chi connectivity index (χ4n) is 1.13. The first-order chi connectivity index (χ1) is 7.93. The first kappa shape index (κ1) is 13.5. The Bertz CT molecular complexity index is 376. The third-order valence-electron chi connectivity index (χ3n) is 1.97. The van der Waals surface area contributed by atoms with Gasteiger partial charge in [-0.15, -0.1) is 0 Å². The molecule has 0 spiro atoms. The zero-order valence-corrected chi connectivity index (χ0v) is 9.08. The van der Waals surface area contributed by atoms with Crippen LogP contribution >= 0.6 is 0 Å². The summed E-state index contributed by atoms with van der Waals surface area (Å²) in [6.45, 7) is 0. The quantitative estimate of drug-likeness (QED) is 0.592.